The van der Waals surface area contributed by atoms with Crippen molar-refractivity contribution in [3.05, 3.63) is 0 Å². The number of alkyl halides is 2. The maximum Gasteiger partial charge on any atom is 0.239 e. The Morgan fingerprint density at radius 1 is 1.50 bits per heavy atom. The zero-order chi connectivity index (χ0) is 6.78. The molecule has 0 saturated carbocycles. The van der Waals surface area contributed by atoms with Gasteiger partial charge in [-0.1, -0.05) is 13.8 Å². The molecular formula is C5H10F2S. The van der Waals surface area contributed by atoms with Gasteiger partial charge in [-0.3, -0.25) is 0 Å². The molecule has 0 spiro atoms. The minimum absolute atomic E-state index is 0.143. The maximum atomic E-state index is 11.5. The SMILES string of the molecule is CC(C)(S)CC(F)F. The van der Waals surface area contributed by atoms with E-state index in [2.05, 4.69) is 12.6 Å². The van der Waals surface area contributed by atoms with E-state index in [1.54, 1.807) is 13.8 Å². The van der Waals surface area contributed by atoms with E-state index in [1.165, 1.54) is 0 Å². The minimum atomic E-state index is -2.23. The van der Waals surface area contributed by atoms with E-state index in [4.69, 9.17) is 0 Å². The second kappa shape index (κ2) is 2.67. The Morgan fingerprint density at radius 2 is 1.88 bits per heavy atom. The van der Waals surface area contributed by atoms with E-state index in [-0.39, 0.29) is 6.42 Å². The summed E-state index contributed by atoms with van der Waals surface area (Å²) in [6.07, 6.45) is -2.38. The van der Waals surface area contributed by atoms with Gasteiger partial charge in [0.05, 0.1) is 0 Å². The van der Waals surface area contributed by atoms with Crippen LogP contribution in [0.2, 0.25) is 0 Å². The van der Waals surface area contributed by atoms with Crippen molar-refractivity contribution < 1.29 is 8.78 Å². The van der Waals surface area contributed by atoms with Crippen molar-refractivity contribution >= 4 is 12.6 Å². The zero-order valence-corrected chi connectivity index (χ0v) is 5.88. The number of thiol groups is 1. The fraction of sp³-hybridized carbons (Fsp3) is 1.00. The van der Waals surface area contributed by atoms with Crippen LogP contribution in [-0.4, -0.2) is 11.2 Å². The molecule has 0 aliphatic carbocycles. The van der Waals surface area contributed by atoms with E-state index in [0.717, 1.165) is 0 Å². The lowest BCUT2D eigenvalue weighted by atomic mass is 10.1. The van der Waals surface area contributed by atoms with Crippen LogP contribution in [0.3, 0.4) is 0 Å². The lowest BCUT2D eigenvalue weighted by Gasteiger charge is -2.15. The van der Waals surface area contributed by atoms with Crippen LogP contribution < -0.4 is 0 Å². The van der Waals surface area contributed by atoms with Crippen molar-refractivity contribution in [2.75, 3.05) is 0 Å². The molecule has 0 bridgehead atoms. The first-order chi connectivity index (χ1) is 3.42. The summed E-state index contributed by atoms with van der Waals surface area (Å²) in [6, 6.07) is 0. The zero-order valence-electron chi connectivity index (χ0n) is 4.99. The van der Waals surface area contributed by atoms with Gasteiger partial charge in [0.2, 0.25) is 6.43 Å². The molecule has 0 aliphatic heterocycles. The fourth-order valence-corrected chi connectivity index (χ4v) is 0.516. The molecule has 0 radical (unpaired) electrons. The number of rotatable bonds is 2. The van der Waals surface area contributed by atoms with Crippen LogP contribution in [0.1, 0.15) is 20.3 Å². The number of hydrogen-bond acceptors (Lipinski definition) is 1. The molecule has 0 aromatic rings. The molecule has 0 N–H and O–H groups in total. The minimum Gasteiger partial charge on any atom is -0.210 e. The summed E-state index contributed by atoms with van der Waals surface area (Å²) >= 11 is 3.91. The molecule has 3 heteroatoms. The lowest BCUT2D eigenvalue weighted by Crippen LogP contribution is -2.14. The maximum absolute atomic E-state index is 11.5. The van der Waals surface area contributed by atoms with Crippen molar-refractivity contribution in [2.45, 2.75) is 31.4 Å². The van der Waals surface area contributed by atoms with Gasteiger partial charge in [0, 0.05) is 11.2 Å². The quantitative estimate of drug-likeness (QED) is 0.559. The summed E-state index contributed by atoms with van der Waals surface area (Å²) in [5.74, 6) is 0. The fourth-order valence-electron chi connectivity index (χ4n) is 0.378. The molecule has 50 valence electrons. The molecule has 0 aliphatic rings. The largest absolute Gasteiger partial charge is 0.239 e. The number of hydrogen-bond donors (Lipinski definition) is 1. The van der Waals surface area contributed by atoms with Crippen molar-refractivity contribution in [3.8, 4) is 0 Å². The summed E-state index contributed by atoms with van der Waals surface area (Å²) < 4.78 is 22.4. The molecule has 0 atom stereocenters. The van der Waals surface area contributed by atoms with Crippen molar-refractivity contribution in [2.24, 2.45) is 0 Å². The molecule has 0 heterocycles. The highest BCUT2D eigenvalue weighted by atomic mass is 32.1. The van der Waals surface area contributed by atoms with Gasteiger partial charge in [-0.05, 0) is 0 Å². The van der Waals surface area contributed by atoms with Crippen LogP contribution in [0.15, 0.2) is 0 Å². The first-order valence-electron chi connectivity index (χ1n) is 2.42. The van der Waals surface area contributed by atoms with Crippen molar-refractivity contribution in [3.63, 3.8) is 0 Å². The summed E-state index contributed by atoms with van der Waals surface area (Å²) in [6.45, 7) is 3.34. The molecule has 0 aromatic heterocycles. The van der Waals surface area contributed by atoms with E-state index in [9.17, 15) is 8.78 Å². The molecule has 0 rings (SSSR count). The first-order valence-corrected chi connectivity index (χ1v) is 2.87. The average molecular weight is 140 g/mol. The summed E-state index contributed by atoms with van der Waals surface area (Å²) in [5, 5.41) is 0. The molecule has 0 fully saturated rings. The monoisotopic (exact) mass is 140 g/mol. The third kappa shape index (κ3) is 6.21. The number of halogens is 2. The summed E-state index contributed by atoms with van der Waals surface area (Å²) in [7, 11) is 0. The Labute approximate surface area is 53.7 Å². The van der Waals surface area contributed by atoms with Gasteiger partial charge < -0.3 is 0 Å². The van der Waals surface area contributed by atoms with Gasteiger partial charge in [-0.25, -0.2) is 8.78 Å². The highest BCUT2D eigenvalue weighted by molar-refractivity contribution is 7.81. The van der Waals surface area contributed by atoms with Crippen molar-refractivity contribution in [1.82, 2.24) is 0 Å². The molecule has 0 nitrogen and oxygen atoms in total. The van der Waals surface area contributed by atoms with Crippen LogP contribution in [0.4, 0.5) is 8.78 Å². The second-order valence-corrected chi connectivity index (χ2v) is 3.62. The van der Waals surface area contributed by atoms with Gasteiger partial charge in [0.1, 0.15) is 0 Å². The van der Waals surface area contributed by atoms with Crippen molar-refractivity contribution in [1.29, 1.82) is 0 Å². The topological polar surface area (TPSA) is 0 Å². The third-order valence-electron chi connectivity index (χ3n) is 0.654. The molecule has 0 aromatic carbocycles. The smallest absolute Gasteiger partial charge is 0.210 e. The van der Waals surface area contributed by atoms with Gasteiger partial charge in [-0.15, -0.1) is 0 Å². The predicted octanol–water partition coefficient (Wildman–Crippen LogP) is 2.35. The Balaban J connectivity index is 3.39. The van der Waals surface area contributed by atoms with Crippen LogP contribution in [0, 0.1) is 0 Å². The Morgan fingerprint density at radius 3 is 1.88 bits per heavy atom. The highest BCUT2D eigenvalue weighted by Crippen LogP contribution is 2.20. The Bertz CT molecular complexity index is 65.3. The Hall–Kier alpha value is 0.210. The molecular weight excluding hydrogens is 130 g/mol. The van der Waals surface area contributed by atoms with Crippen LogP contribution in [0.5, 0.6) is 0 Å². The molecule has 8 heavy (non-hydrogen) atoms. The third-order valence-corrected chi connectivity index (χ3v) is 0.836. The van der Waals surface area contributed by atoms with Crippen LogP contribution in [0.25, 0.3) is 0 Å². The van der Waals surface area contributed by atoms with E-state index >= 15 is 0 Å². The normalized spacial score (nSPS) is 12.8. The van der Waals surface area contributed by atoms with Gasteiger partial charge >= 0.3 is 0 Å². The Kier molecular flexibility index (Phi) is 2.74. The van der Waals surface area contributed by atoms with E-state index in [1.807, 2.05) is 0 Å². The van der Waals surface area contributed by atoms with Crippen LogP contribution >= 0.6 is 12.6 Å². The van der Waals surface area contributed by atoms with Gasteiger partial charge in [-0.2, -0.15) is 12.6 Å². The molecule has 0 unspecified atom stereocenters. The standard InChI is InChI=1S/C5H10F2S/c1-5(2,8)3-4(6)7/h4,8H,3H2,1-2H3. The molecule has 0 amide bonds. The van der Waals surface area contributed by atoms with Gasteiger partial charge in [0.15, 0.2) is 0 Å². The predicted molar refractivity (Wildman–Crippen MR) is 33.7 cm³/mol. The van der Waals surface area contributed by atoms with E-state index < -0.39 is 11.2 Å². The van der Waals surface area contributed by atoms with Crippen LogP contribution in [-0.2, 0) is 0 Å². The lowest BCUT2D eigenvalue weighted by molar-refractivity contribution is 0.128. The van der Waals surface area contributed by atoms with E-state index in [0.29, 0.717) is 0 Å². The summed E-state index contributed by atoms with van der Waals surface area (Å²) in [5.41, 5.74) is 0. The summed E-state index contributed by atoms with van der Waals surface area (Å²) in [4.78, 5) is 0. The average Bonchev–Trinajstić information content (AvgIpc) is 1.21. The molecule has 0 saturated heterocycles. The van der Waals surface area contributed by atoms with Gasteiger partial charge in [0.25, 0.3) is 0 Å². The highest BCUT2D eigenvalue weighted by Gasteiger charge is 2.17. The second-order valence-electron chi connectivity index (χ2n) is 2.41. The first kappa shape index (κ1) is 8.21.